The molecule has 6 N–H and O–H groups in total. The van der Waals surface area contributed by atoms with Gasteiger partial charge < -0.3 is 25.5 Å². The van der Waals surface area contributed by atoms with Crippen molar-refractivity contribution >= 4 is 40.9 Å². The lowest BCUT2D eigenvalue weighted by Gasteiger charge is -2.15. The Balaban J connectivity index is 1.44. The molecular weight excluding hydrogens is 550 g/mol. The number of hydrogen-bond donors (Lipinski definition) is 6. The van der Waals surface area contributed by atoms with Crippen molar-refractivity contribution in [1.29, 1.82) is 0 Å². The fourth-order valence-corrected chi connectivity index (χ4v) is 4.51. The largest absolute Gasteiger partial charge is 0.453 e. The highest BCUT2D eigenvalue weighted by Gasteiger charge is 2.22. The minimum Gasteiger partial charge on any atom is -0.453 e. The Morgan fingerprint density at radius 1 is 1.17 bits per heavy atom. The Morgan fingerprint density at radius 3 is 2.83 bits per heavy atom. The van der Waals surface area contributed by atoms with Crippen LogP contribution in [0.4, 0.5) is 16.2 Å². The number of methoxy groups -OCH3 is 1. The second-order valence-corrected chi connectivity index (χ2v) is 9.68. The van der Waals surface area contributed by atoms with Crippen LogP contribution >= 0.6 is 11.6 Å². The highest BCUT2D eigenvalue weighted by Crippen LogP contribution is 2.32. The third-order valence-corrected chi connectivity index (χ3v) is 6.55. The molecule has 2 aromatic heterocycles. The van der Waals surface area contributed by atoms with E-state index in [2.05, 4.69) is 40.9 Å². The van der Waals surface area contributed by atoms with Crippen molar-refractivity contribution in [2.24, 2.45) is 0 Å². The van der Waals surface area contributed by atoms with Gasteiger partial charge in [0.25, 0.3) is 5.91 Å². The van der Waals surface area contributed by atoms with Crippen LogP contribution in [0.3, 0.4) is 0 Å². The number of imidazole rings is 1. The maximum atomic E-state index is 13.2. The van der Waals surface area contributed by atoms with Gasteiger partial charge in [-0.05, 0) is 42.8 Å². The van der Waals surface area contributed by atoms with Crippen LogP contribution in [-0.4, -0.2) is 56.4 Å². The van der Waals surface area contributed by atoms with Crippen LogP contribution < -0.4 is 16.0 Å². The summed E-state index contributed by atoms with van der Waals surface area (Å²) in [7, 11) is 1.24. The van der Waals surface area contributed by atoms with Gasteiger partial charge in [0.15, 0.2) is 0 Å². The van der Waals surface area contributed by atoms with Crippen LogP contribution in [0.25, 0.3) is 22.5 Å². The predicted molar refractivity (Wildman–Crippen MR) is 152 cm³/mol. The zero-order valence-corrected chi connectivity index (χ0v) is 22.5. The third-order valence-electron chi connectivity index (χ3n) is 6.31. The SMILES string of the molecule is COC(=O)Nc1ccc2c(c1)NC(=O)CC(O)C=CCC(NC(=O)c1cc(-c3cccc(Cl)c3)n[nH]1)c1ncc-2[nH]1. The molecule has 1 aliphatic heterocycles. The fourth-order valence-electron chi connectivity index (χ4n) is 4.32. The summed E-state index contributed by atoms with van der Waals surface area (Å²) in [5.74, 6) is -0.393. The van der Waals surface area contributed by atoms with E-state index in [0.717, 1.165) is 5.56 Å². The molecule has 0 spiro atoms. The molecule has 3 amide bonds. The molecule has 2 aromatic carbocycles. The van der Waals surface area contributed by atoms with Crippen molar-refractivity contribution < 1.29 is 24.2 Å². The number of aromatic amines is 2. The number of benzene rings is 2. The fraction of sp³-hybridized carbons (Fsp3) is 0.179. The molecule has 1 aliphatic rings. The summed E-state index contributed by atoms with van der Waals surface area (Å²) >= 11 is 6.09. The normalized spacial score (nSPS) is 16.8. The number of carbonyl (C=O) groups excluding carboxylic acids is 3. The highest BCUT2D eigenvalue weighted by atomic mass is 35.5. The number of anilines is 2. The molecule has 2 bridgehead atoms. The van der Waals surface area contributed by atoms with E-state index in [1.807, 2.05) is 6.07 Å². The number of H-pyrrole nitrogens is 2. The topological polar surface area (TPSA) is 174 Å². The van der Waals surface area contributed by atoms with Crippen LogP contribution in [0.2, 0.25) is 5.02 Å². The Morgan fingerprint density at radius 2 is 2.02 bits per heavy atom. The first-order valence-electron chi connectivity index (χ1n) is 12.6. The second kappa shape index (κ2) is 12.1. The van der Waals surface area contributed by atoms with E-state index in [9.17, 15) is 19.5 Å². The number of ether oxygens (including phenoxy) is 1. The number of amides is 3. The molecule has 2 atom stereocenters. The monoisotopic (exact) mass is 575 g/mol. The molecule has 4 aromatic rings. The van der Waals surface area contributed by atoms with Gasteiger partial charge in [-0.1, -0.05) is 35.9 Å². The lowest BCUT2D eigenvalue weighted by molar-refractivity contribution is -0.117. The summed E-state index contributed by atoms with van der Waals surface area (Å²) in [6, 6.07) is 13.1. The summed E-state index contributed by atoms with van der Waals surface area (Å²) in [4.78, 5) is 45.3. The van der Waals surface area contributed by atoms with Crippen molar-refractivity contribution in [3.05, 3.63) is 83.4 Å². The molecule has 0 saturated heterocycles. The number of rotatable bonds is 4. The Labute approximate surface area is 239 Å². The average molecular weight is 576 g/mol. The molecule has 0 radical (unpaired) electrons. The van der Waals surface area contributed by atoms with E-state index in [-0.39, 0.29) is 18.5 Å². The van der Waals surface area contributed by atoms with E-state index in [1.54, 1.807) is 54.7 Å². The van der Waals surface area contributed by atoms with Crippen LogP contribution in [-0.2, 0) is 9.53 Å². The number of nitrogens with one attached hydrogen (secondary N) is 5. The van der Waals surface area contributed by atoms with Crippen LogP contribution in [0.15, 0.2) is 66.9 Å². The first kappa shape index (κ1) is 27.6. The van der Waals surface area contributed by atoms with E-state index >= 15 is 0 Å². The lowest BCUT2D eigenvalue weighted by atomic mass is 10.1. The maximum Gasteiger partial charge on any atom is 0.411 e. The molecule has 13 heteroatoms. The van der Waals surface area contributed by atoms with Gasteiger partial charge in [-0.2, -0.15) is 5.10 Å². The van der Waals surface area contributed by atoms with E-state index in [1.165, 1.54) is 13.2 Å². The van der Waals surface area contributed by atoms with Crippen molar-refractivity contribution in [2.75, 3.05) is 17.7 Å². The number of hydrogen-bond acceptors (Lipinski definition) is 7. The molecule has 3 heterocycles. The van der Waals surface area contributed by atoms with Gasteiger partial charge in [0.1, 0.15) is 11.5 Å². The zero-order chi connectivity index (χ0) is 28.9. The summed E-state index contributed by atoms with van der Waals surface area (Å²) in [5.41, 5.74) is 3.47. The standard InChI is InChI=1S/C28H26ClN7O5/c1-41-28(40)31-17-8-9-19-22(11-17)32-25(38)12-18(37)6-3-7-20(26-30-14-24(19)33-26)34-27(39)23-13-21(35-36-23)15-4-2-5-16(29)10-15/h2-6,8-11,13-14,18,20,37H,7,12H2,1H3,(H,30,33)(H,31,40)(H,32,38)(H,34,39)(H,35,36). The number of fused-ring (bicyclic) bond motifs is 4. The summed E-state index contributed by atoms with van der Waals surface area (Å²) < 4.78 is 4.65. The number of aliphatic hydroxyl groups excluding tert-OH is 1. The van der Waals surface area contributed by atoms with Gasteiger partial charge in [-0.15, -0.1) is 0 Å². The summed E-state index contributed by atoms with van der Waals surface area (Å²) in [5, 5.41) is 26.2. The van der Waals surface area contributed by atoms with E-state index in [4.69, 9.17) is 11.6 Å². The first-order valence-corrected chi connectivity index (χ1v) is 13.0. The molecule has 5 rings (SSSR count). The van der Waals surface area contributed by atoms with Crippen molar-refractivity contribution in [3.63, 3.8) is 0 Å². The number of nitrogens with zero attached hydrogens (tertiary/aromatic N) is 2. The van der Waals surface area contributed by atoms with Crippen molar-refractivity contribution in [1.82, 2.24) is 25.5 Å². The zero-order valence-electron chi connectivity index (χ0n) is 21.8. The maximum absolute atomic E-state index is 13.2. The predicted octanol–water partition coefficient (Wildman–Crippen LogP) is 4.42. The van der Waals surface area contributed by atoms with Crippen LogP contribution in [0.1, 0.15) is 35.2 Å². The van der Waals surface area contributed by atoms with Crippen LogP contribution in [0.5, 0.6) is 0 Å². The van der Waals surface area contributed by atoms with Gasteiger partial charge in [-0.3, -0.25) is 20.0 Å². The number of halogens is 1. The Kier molecular flexibility index (Phi) is 8.13. The highest BCUT2D eigenvalue weighted by molar-refractivity contribution is 6.30. The number of aromatic nitrogens is 4. The van der Waals surface area contributed by atoms with Crippen LogP contribution in [0, 0.1) is 0 Å². The molecule has 2 unspecified atom stereocenters. The molecule has 210 valence electrons. The molecule has 0 saturated carbocycles. The van der Waals surface area contributed by atoms with E-state index < -0.39 is 30.1 Å². The third kappa shape index (κ3) is 6.62. The lowest BCUT2D eigenvalue weighted by Crippen LogP contribution is -2.29. The van der Waals surface area contributed by atoms with Crippen molar-refractivity contribution in [3.8, 4) is 22.5 Å². The summed E-state index contributed by atoms with van der Waals surface area (Å²) in [6.45, 7) is 0. The number of carbonyl (C=O) groups is 3. The van der Waals surface area contributed by atoms with Crippen molar-refractivity contribution in [2.45, 2.75) is 25.0 Å². The minimum atomic E-state index is -1.06. The Hall–Kier alpha value is -4.94. The summed E-state index contributed by atoms with van der Waals surface area (Å²) in [6.07, 6.45) is 3.11. The molecule has 0 fully saturated rings. The molecule has 0 aliphatic carbocycles. The van der Waals surface area contributed by atoms with E-state index in [0.29, 0.717) is 39.2 Å². The van der Waals surface area contributed by atoms with Gasteiger partial charge in [-0.25, -0.2) is 9.78 Å². The molecule has 12 nitrogen and oxygen atoms in total. The average Bonchev–Trinajstić information content (AvgIpc) is 3.63. The number of aliphatic hydroxyl groups is 1. The minimum absolute atomic E-state index is 0.199. The smallest absolute Gasteiger partial charge is 0.411 e. The van der Waals surface area contributed by atoms with Gasteiger partial charge in [0.05, 0.1) is 48.9 Å². The first-order chi connectivity index (χ1) is 19.8. The Bertz CT molecular complexity index is 1630. The van der Waals surface area contributed by atoms with Gasteiger partial charge >= 0.3 is 6.09 Å². The van der Waals surface area contributed by atoms with Gasteiger partial charge in [0, 0.05) is 21.8 Å². The molecular formula is C28H26ClN7O5. The van der Waals surface area contributed by atoms with Gasteiger partial charge in [0.2, 0.25) is 5.91 Å². The second-order valence-electron chi connectivity index (χ2n) is 9.25. The molecule has 41 heavy (non-hydrogen) atoms. The quantitative estimate of drug-likeness (QED) is 0.195.